The average Bonchev–Trinajstić information content (AvgIpc) is 3.04. The molecular weight excluding hydrogens is 365 g/mol. The lowest BCUT2D eigenvalue weighted by Gasteiger charge is -2.21. The van der Waals surface area contributed by atoms with Gasteiger partial charge in [0.25, 0.3) is 5.91 Å². The third kappa shape index (κ3) is 4.50. The molecule has 0 bridgehead atoms. The number of anilines is 1. The lowest BCUT2D eigenvalue weighted by atomic mass is 10.1. The highest BCUT2D eigenvalue weighted by Crippen LogP contribution is 2.28. The summed E-state index contributed by atoms with van der Waals surface area (Å²) in [5, 5.41) is 0. The molecule has 0 aliphatic carbocycles. The van der Waals surface area contributed by atoms with Crippen LogP contribution < -0.4 is 10.6 Å². The van der Waals surface area contributed by atoms with Crippen molar-refractivity contribution in [3.05, 3.63) is 77.2 Å². The molecule has 29 heavy (non-hydrogen) atoms. The summed E-state index contributed by atoms with van der Waals surface area (Å²) in [6, 6.07) is 16.8. The van der Waals surface area contributed by atoms with Gasteiger partial charge in [-0.25, -0.2) is 4.39 Å². The molecule has 0 fully saturated rings. The van der Waals surface area contributed by atoms with Crippen molar-refractivity contribution < 1.29 is 9.18 Å². The van der Waals surface area contributed by atoms with Crippen LogP contribution in [0.4, 0.5) is 10.1 Å². The first-order valence-electron chi connectivity index (χ1n) is 10.0. The van der Waals surface area contributed by atoms with E-state index in [0.717, 1.165) is 35.6 Å². The number of aryl methyl sites for hydroxylation is 1. The summed E-state index contributed by atoms with van der Waals surface area (Å²) in [6.07, 6.45) is 0.663. The van der Waals surface area contributed by atoms with Gasteiger partial charge in [0.2, 0.25) is 0 Å². The smallest absolute Gasteiger partial charge is 0.250 e. The maximum Gasteiger partial charge on any atom is 0.250 e. The van der Waals surface area contributed by atoms with Crippen LogP contribution >= 0.6 is 0 Å². The fourth-order valence-electron chi connectivity index (χ4n) is 3.79. The molecule has 0 saturated heterocycles. The number of primary amides is 1. The molecule has 3 rings (SSSR count). The lowest BCUT2D eigenvalue weighted by molar-refractivity contribution is 0.0999. The number of hydrogen-bond donors (Lipinski definition) is 1. The molecule has 0 aliphatic rings. The molecule has 0 saturated carbocycles. The van der Waals surface area contributed by atoms with Gasteiger partial charge in [-0.15, -0.1) is 0 Å². The first kappa shape index (κ1) is 20.6. The van der Waals surface area contributed by atoms with Crippen molar-refractivity contribution in [3.8, 4) is 11.3 Å². The molecule has 1 aromatic heterocycles. The second-order valence-corrected chi connectivity index (χ2v) is 7.14. The summed E-state index contributed by atoms with van der Waals surface area (Å²) >= 11 is 0. The Morgan fingerprint density at radius 2 is 1.76 bits per heavy atom. The number of carbonyl (C=O) groups excluding carboxylic acids is 1. The molecule has 0 radical (unpaired) electrons. The van der Waals surface area contributed by atoms with E-state index in [4.69, 9.17) is 5.73 Å². The third-order valence-corrected chi connectivity index (χ3v) is 5.44. The van der Waals surface area contributed by atoms with Gasteiger partial charge in [0.15, 0.2) is 0 Å². The van der Waals surface area contributed by atoms with Crippen LogP contribution in [0.3, 0.4) is 0 Å². The number of carbonyl (C=O) groups is 1. The molecule has 152 valence electrons. The number of amides is 1. The summed E-state index contributed by atoms with van der Waals surface area (Å²) in [4.78, 5) is 14.2. The zero-order valence-electron chi connectivity index (χ0n) is 17.3. The highest BCUT2D eigenvalue weighted by molar-refractivity contribution is 5.95. The normalized spacial score (nSPS) is 10.9. The van der Waals surface area contributed by atoms with E-state index in [1.807, 2.05) is 19.1 Å². The van der Waals surface area contributed by atoms with Crippen LogP contribution in [0.15, 0.2) is 54.6 Å². The van der Waals surface area contributed by atoms with Gasteiger partial charge < -0.3 is 15.2 Å². The van der Waals surface area contributed by atoms with E-state index in [0.29, 0.717) is 18.5 Å². The molecular formula is C24H28FN3O. The largest absolute Gasteiger partial charge is 0.372 e. The third-order valence-electron chi connectivity index (χ3n) is 5.44. The first-order chi connectivity index (χ1) is 13.9. The predicted molar refractivity (Wildman–Crippen MR) is 117 cm³/mol. The first-order valence-corrected chi connectivity index (χ1v) is 10.0. The molecule has 2 N–H and O–H groups in total. The summed E-state index contributed by atoms with van der Waals surface area (Å²) < 4.78 is 15.6. The zero-order chi connectivity index (χ0) is 21.0. The Labute approximate surface area is 171 Å². The Balaban J connectivity index is 1.95. The molecule has 4 nitrogen and oxygen atoms in total. The molecule has 0 aliphatic heterocycles. The zero-order valence-corrected chi connectivity index (χ0v) is 17.3. The number of benzene rings is 2. The fraction of sp³-hybridized carbons (Fsp3) is 0.292. The average molecular weight is 394 g/mol. The van der Waals surface area contributed by atoms with Crippen LogP contribution in [0.5, 0.6) is 0 Å². The van der Waals surface area contributed by atoms with Crippen molar-refractivity contribution in [1.29, 1.82) is 0 Å². The van der Waals surface area contributed by atoms with Crippen molar-refractivity contribution >= 4 is 11.6 Å². The van der Waals surface area contributed by atoms with Gasteiger partial charge in [0, 0.05) is 36.7 Å². The molecule has 0 atom stereocenters. The molecule has 1 amide bonds. The van der Waals surface area contributed by atoms with Gasteiger partial charge in [-0.1, -0.05) is 24.3 Å². The Kier molecular flexibility index (Phi) is 6.37. The Morgan fingerprint density at radius 3 is 2.34 bits per heavy atom. The van der Waals surface area contributed by atoms with Gasteiger partial charge >= 0.3 is 0 Å². The van der Waals surface area contributed by atoms with Gasteiger partial charge in [-0.2, -0.15) is 0 Å². The van der Waals surface area contributed by atoms with Crippen molar-refractivity contribution in [2.75, 3.05) is 18.0 Å². The van der Waals surface area contributed by atoms with Gasteiger partial charge in [-0.3, -0.25) is 4.79 Å². The van der Waals surface area contributed by atoms with Crippen molar-refractivity contribution in [1.82, 2.24) is 4.57 Å². The van der Waals surface area contributed by atoms with E-state index in [-0.39, 0.29) is 5.82 Å². The Bertz CT molecular complexity index is 988. The Hall–Kier alpha value is -3.08. The van der Waals surface area contributed by atoms with Crippen LogP contribution in [0.1, 0.15) is 35.5 Å². The van der Waals surface area contributed by atoms with Crippen LogP contribution in [0.25, 0.3) is 11.3 Å². The number of rotatable bonds is 8. The van der Waals surface area contributed by atoms with Crippen molar-refractivity contribution in [2.24, 2.45) is 5.73 Å². The van der Waals surface area contributed by atoms with E-state index < -0.39 is 5.91 Å². The quantitative estimate of drug-likeness (QED) is 0.598. The summed E-state index contributed by atoms with van der Waals surface area (Å²) in [5.74, 6) is -0.676. The number of nitrogens with zero attached hydrogens (tertiary/aromatic N) is 2. The van der Waals surface area contributed by atoms with Gasteiger partial charge in [0.1, 0.15) is 5.82 Å². The van der Waals surface area contributed by atoms with E-state index in [1.165, 1.54) is 11.8 Å². The maximum absolute atomic E-state index is 13.5. The van der Waals surface area contributed by atoms with Gasteiger partial charge in [-0.05, 0) is 68.7 Å². The molecule has 0 unspecified atom stereocenters. The number of hydrogen-bond acceptors (Lipinski definition) is 2. The van der Waals surface area contributed by atoms with Crippen LogP contribution in [0.2, 0.25) is 0 Å². The maximum atomic E-state index is 13.5. The minimum Gasteiger partial charge on any atom is -0.372 e. The topological polar surface area (TPSA) is 51.3 Å². The van der Waals surface area contributed by atoms with E-state index in [2.05, 4.69) is 47.6 Å². The van der Waals surface area contributed by atoms with E-state index >= 15 is 0 Å². The summed E-state index contributed by atoms with van der Waals surface area (Å²) in [7, 11) is 0. The van der Waals surface area contributed by atoms with E-state index in [1.54, 1.807) is 12.1 Å². The minimum atomic E-state index is -0.437. The molecule has 5 heteroatoms. The highest BCUT2D eigenvalue weighted by atomic mass is 19.1. The predicted octanol–water partition coefficient (Wildman–Crippen LogP) is 4.79. The van der Waals surface area contributed by atoms with Crippen LogP contribution in [-0.2, 0) is 13.0 Å². The second kappa shape index (κ2) is 8.95. The van der Waals surface area contributed by atoms with Gasteiger partial charge in [0.05, 0.1) is 5.56 Å². The summed E-state index contributed by atoms with van der Waals surface area (Å²) in [5.41, 5.74) is 11.0. The van der Waals surface area contributed by atoms with E-state index in [9.17, 15) is 9.18 Å². The second-order valence-electron chi connectivity index (χ2n) is 7.14. The van der Waals surface area contributed by atoms with Crippen LogP contribution in [-0.4, -0.2) is 23.6 Å². The summed E-state index contributed by atoms with van der Waals surface area (Å²) in [6.45, 7) is 8.71. The monoisotopic (exact) mass is 393 g/mol. The van der Waals surface area contributed by atoms with Crippen molar-refractivity contribution in [3.63, 3.8) is 0 Å². The minimum absolute atomic E-state index is 0.239. The molecule has 3 aromatic rings. The lowest BCUT2D eigenvalue weighted by Crippen LogP contribution is -2.21. The van der Waals surface area contributed by atoms with Crippen molar-refractivity contribution in [2.45, 2.75) is 33.7 Å². The fourth-order valence-corrected chi connectivity index (χ4v) is 3.79. The number of nitrogens with two attached hydrogens (primary N) is 1. The van der Waals surface area contributed by atoms with Crippen LogP contribution in [0, 0.1) is 12.7 Å². The SMILES string of the molecule is CCN(CC)c1ccc(-c2cc(C(N)=O)c(C)n2CCc2cccc(F)c2)cc1. The molecule has 1 heterocycles. The molecule has 0 spiro atoms. The Morgan fingerprint density at radius 1 is 1.07 bits per heavy atom. The highest BCUT2D eigenvalue weighted by Gasteiger charge is 2.17. The standard InChI is InChI=1S/C24H28FN3O/c1-4-27(5-2)21-11-9-19(10-12-21)23-16-22(24(26)29)17(3)28(23)14-13-18-7-6-8-20(25)15-18/h6-12,15-16H,4-5,13-14H2,1-3H3,(H2,26,29). The molecule has 2 aromatic carbocycles. The number of aromatic nitrogens is 1. The number of halogens is 1.